The van der Waals surface area contributed by atoms with Gasteiger partial charge in [0.2, 0.25) is 0 Å². The van der Waals surface area contributed by atoms with Crippen molar-refractivity contribution in [1.29, 1.82) is 0 Å². The molecule has 0 amide bonds. The van der Waals surface area contributed by atoms with E-state index in [1.807, 2.05) is 0 Å². The normalized spacial score (nSPS) is 10.8. The Hall–Kier alpha value is -16.1. The van der Waals surface area contributed by atoms with Gasteiger partial charge in [0.05, 0.1) is 56.9 Å². The lowest BCUT2D eigenvalue weighted by Crippen LogP contribution is -2.04. The van der Waals surface area contributed by atoms with Gasteiger partial charge in [0.25, 0.3) is 0 Å². The van der Waals surface area contributed by atoms with Gasteiger partial charge in [-0.2, -0.15) is 0 Å². The molecule has 21 nitrogen and oxygen atoms in total. The molecule has 0 aliphatic carbocycles. The van der Waals surface area contributed by atoms with Crippen LogP contribution in [0.3, 0.4) is 0 Å². The number of benzene rings is 14. The van der Waals surface area contributed by atoms with Gasteiger partial charge in [-0.05, 0) is 255 Å². The van der Waals surface area contributed by atoms with Gasteiger partial charge in [-0.15, -0.1) is 0 Å². The third-order valence-corrected chi connectivity index (χ3v) is 19.1. The van der Waals surface area contributed by atoms with Crippen LogP contribution < -0.4 is 66.3 Å². The van der Waals surface area contributed by atoms with Crippen LogP contribution in [0.4, 0.5) is 4.39 Å². The minimum Gasteiger partial charge on any atom is -0.497 e. The van der Waals surface area contributed by atoms with Crippen LogP contribution in [-0.4, -0.2) is 97.4 Å². The highest BCUT2D eigenvalue weighted by Crippen LogP contribution is 2.39. The lowest BCUT2D eigenvalue weighted by molar-refractivity contribution is 0.103. The van der Waals surface area contributed by atoms with Crippen molar-refractivity contribution < 1.29 is 104 Å². The van der Waals surface area contributed by atoms with E-state index in [1.54, 1.807) is 261 Å². The molecule has 22 heteroatoms. The fraction of sp³-hybridized carbons (Fsp3) is 0.0808. The van der Waals surface area contributed by atoms with Crippen molar-refractivity contribution in [3.8, 4) is 115 Å². The van der Waals surface area contributed by atoms with Crippen molar-refractivity contribution in [2.45, 2.75) is 0 Å². The Kier molecular flexibility index (Phi) is 24.8. The summed E-state index contributed by atoms with van der Waals surface area (Å²) in [5, 5.41) is 0. The van der Waals surface area contributed by atoms with Crippen LogP contribution in [0.2, 0.25) is 0 Å². The van der Waals surface area contributed by atoms with Gasteiger partial charge in [0.1, 0.15) is 121 Å². The van der Waals surface area contributed by atoms with Gasteiger partial charge in [0.15, 0.2) is 40.5 Å². The Labute approximate surface area is 694 Å². The smallest absolute Gasteiger partial charge is 0.193 e. The van der Waals surface area contributed by atoms with Crippen molar-refractivity contribution in [2.24, 2.45) is 0 Å². The average Bonchev–Trinajstić information content (AvgIpc) is 0.816. The number of rotatable bonds is 34. The van der Waals surface area contributed by atoms with Crippen molar-refractivity contribution in [1.82, 2.24) is 0 Å². The van der Waals surface area contributed by atoms with E-state index in [0.717, 1.165) is 0 Å². The molecular weight excluding hydrogens is 1540 g/mol. The van der Waals surface area contributed by atoms with Crippen molar-refractivity contribution >= 4 is 40.5 Å². The zero-order chi connectivity index (χ0) is 84.8. The quantitative estimate of drug-likeness (QED) is 0.0340. The van der Waals surface area contributed by atoms with Crippen LogP contribution in [0, 0.1) is 5.82 Å². The van der Waals surface area contributed by atoms with Gasteiger partial charge >= 0.3 is 0 Å². The second-order valence-electron chi connectivity index (χ2n) is 27.1. The number of carbonyl (C=O) groups excluding carboxylic acids is 7. The maximum absolute atomic E-state index is 14.8. The number of hydrogen-bond acceptors (Lipinski definition) is 21. The van der Waals surface area contributed by atoms with Crippen LogP contribution in [0.15, 0.2) is 297 Å². The fourth-order valence-electron chi connectivity index (χ4n) is 12.8. The zero-order valence-corrected chi connectivity index (χ0v) is 66.2. The van der Waals surface area contributed by atoms with Gasteiger partial charge in [-0.1, -0.05) is 0 Å². The van der Waals surface area contributed by atoms with Crippen LogP contribution in [0.5, 0.6) is 115 Å². The molecule has 14 rings (SSSR count). The first-order valence-corrected chi connectivity index (χ1v) is 37.3. The monoisotopic (exact) mass is 1620 g/mol. The summed E-state index contributed by atoms with van der Waals surface area (Å²) in [4.78, 5) is 98.7. The molecule has 0 aliphatic heterocycles. The summed E-state index contributed by atoms with van der Waals surface area (Å²) in [6, 6.07) is 76.7. The molecule has 0 N–H and O–H groups in total. The standard InChI is InChI=1S/C99H73FO21/c1-108-79-37-65(38-80(51-79)109-2)94(102)59-11-25-73(26-12-59)118-89-47-70(48-90(56-89)119-74-27-13-60(14-28-74)95(103)66-39-81(110-3)52-82(40-66)111-4)98(106)63-19-33-77(34-20-63)116-87-45-69(93(101)58-9-23-72(100)24-10-58)46-88(55-87)117-78-35-21-64(22-36-78)99(107)71-49-91(120-75-29-15-61(16-30-75)96(104)67-41-83(112-5)53-84(42-67)113-6)57-92(50-71)121-76-31-17-62(18-32-76)97(105)68-43-85(114-7)54-86(44-68)115-8/h9-57H,1-8H3. The molecule has 0 spiro atoms. The minimum absolute atomic E-state index is 0.104. The van der Waals surface area contributed by atoms with E-state index in [1.165, 1.54) is 93.3 Å². The highest BCUT2D eigenvalue weighted by Gasteiger charge is 2.23. The summed E-state index contributed by atoms with van der Waals surface area (Å²) < 4.78 is 95.8. The van der Waals surface area contributed by atoms with Gasteiger partial charge in [-0.25, -0.2) is 4.39 Å². The fourth-order valence-corrected chi connectivity index (χ4v) is 12.8. The molecule has 14 aromatic rings. The van der Waals surface area contributed by atoms with Crippen LogP contribution in [0.25, 0.3) is 0 Å². The first-order chi connectivity index (χ1) is 58.7. The Morgan fingerprint density at radius 3 is 0.397 bits per heavy atom. The summed E-state index contributed by atoms with van der Waals surface area (Å²) in [6.07, 6.45) is 0. The first kappa shape index (κ1) is 81.5. The highest BCUT2D eigenvalue weighted by molar-refractivity contribution is 6.13. The third-order valence-electron chi connectivity index (χ3n) is 19.1. The Morgan fingerprint density at radius 2 is 0.264 bits per heavy atom. The summed E-state index contributed by atoms with van der Waals surface area (Å²) in [5.74, 6) is 3.21. The van der Waals surface area contributed by atoms with E-state index in [-0.39, 0.29) is 103 Å². The molecule has 0 bridgehead atoms. The van der Waals surface area contributed by atoms with Crippen LogP contribution >= 0.6 is 0 Å². The van der Waals surface area contributed by atoms with Gasteiger partial charge in [-0.3, -0.25) is 33.6 Å². The molecule has 602 valence electrons. The summed E-state index contributed by atoms with van der Waals surface area (Å²) in [6.45, 7) is 0. The summed E-state index contributed by atoms with van der Waals surface area (Å²) in [5.41, 5.74) is 3.78. The molecule has 0 aromatic heterocycles. The Balaban J connectivity index is 0.715. The molecule has 0 aliphatic rings. The Bertz CT molecular complexity index is 5540. The lowest BCUT2D eigenvalue weighted by Gasteiger charge is -2.14. The maximum atomic E-state index is 14.8. The minimum atomic E-state index is -0.545. The van der Waals surface area contributed by atoms with E-state index < -0.39 is 23.2 Å². The number of hydrogen-bond donors (Lipinski definition) is 0. The first-order valence-electron chi connectivity index (χ1n) is 37.3. The van der Waals surface area contributed by atoms with Crippen LogP contribution in [-0.2, 0) is 0 Å². The molecule has 0 unspecified atom stereocenters. The number of ether oxygens (including phenoxy) is 14. The molecular formula is C99H73FO21. The van der Waals surface area contributed by atoms with E-state index in [9.17, 15) is 38.0 Å². The van der Waals surface area contributed by atoms with Crippen molar-refractivity contribution in [3.05, 3.63) is 381 Å². The maximum Gasteiger partial charge on any atom is 0.193 e. The van der Waals surface area contributed by atoms with E-state index in [4.69, 9.17) is 66.3 Å². The largest absolute Gasteiger partial charge is 0.497 e. The molecule has 0 saturated carbocycles. The average molecular weight is 1620 g/mol. The SMILES string of the molecule is COc1cc(OC)cc(C(=O)c2ccc(Oc3cc(Oc4ccc(C(=O)c5cc(OC)cc(OC)c5)cc4)cc(C(=O)c4ccc(Oc5cc(Oc6ccc(C(=O)c7cc(Oc8ccc(C(=O)c9cc(OC)cc(OC)c9)cc8)cc(Oc8ccc(C(=O)c9cc(OC)cc(OC)c9)cc8)c7)cc6)cc(C(=O)c6ccc(F)cc6)c5)cc4)c3)cc2)c1. The summed E-state index contributed by atoms with van der Waals surface area (Å²) in [7, 11) is 11.9. The molecule has 0 radical (unpaired) electrons. The summed E-state index contributed by atoms with van der Waals surface area (Å²) >= 11 is 0. The van der Waals surface area contributed by atoms with Gasteiger partial charge in [0, 0.05) is 120 Å². The third kappa shape index (κ3) is 19.7. The molecule has 121 heavy (non-hydrogen) atoms. The number of ketones is 7. The molecule has 14 aromatic carbocycles. The molecule has 0 heterocycles. The van der Waals surface area contributed by atoms with Crippen molar-refractivity contribution in [3.63, 3.8) is 0 Å². The zero-order valence-electron chi connectivity index (χ0n) is 66.2. The second kappa shape index (κ2) is 36.8. The van der Waals surface area contributed by atoms with Crippen molar-refractivity contribution in [2.75, 3.05) is 56.9 Å². The number of carbonyl (C=O) groups is 7. The molecule has 0 fully saturated rings. The molecule has 0 atom stereocenters. The predicted molar refractivity (Wildman–Crippen MR) is 447 cm³/mol. The second-order valence-corrected chi connectivity index (χ2v) is 27.1. The van der Waals surface area contributed by atoms with E-state index >= 15 is 0 Å². The number of methoxy groups -OCH3 is 8. The lowest BCUT2D eigenvalue weighted by atomic mass is 10.0. The Morgan fingerprint density at radius 1 is 0.149 bits per heavy atom. The van der Waals surface area contributed by atoms with Crippen LogP contribution in [0.1, 0.15) is 111 Å². The molecule has 0 saturated heterocycles. The highest BCUT2D eigenvalue weighted by atomic mass is 19.1. The van der Waals surface area contributed by atoms with E-state index in [0.29, 0.717) is 114 Å². The topological polar surface area (TPSA) is 249 Å². The van der Waals surface area contributed by atoms with E-state index in [2.05, 4.69) is 0 Å². The van der Waals surface area contributed by atoms with Gasteiger partial charge < -0.3 is 66.3 Å². The number of halogens is 1. The predicted octanol–water partition coefficient (Wildman–Crippen LogP) is 21.3.